The second kappa shape index (κ2) is 12.1. The van der Waals surface area contributed by atoms with Crippen LogP contribution in [-0.4, -0.2) is 37.7 Å². The quantitative estimate of drug-likeness (QED) is 0.355. The van der Waals surface area contributed by atoms with Gasteiger partial charge in [-0.3, -0.25) is 4.90 Å². The summed E-state index contributed by atoms with van der Waals surface area (Å²) < 4.78 is 17.6. The Hall–Kier alpha value is -2.33. The minimum atomic E-state index is -0.0810. The Morgan fingerprint density at radius 1 is 1.00 bits per heavy atom. The third-order valence-corrected chi connectivity index (χ3v) is 6.33. The fourth-order valence-electron chi connectivity index (χ4n) is 4.30. The van der Waals surface area contributed by atoms with Crippen LogP contribution in [0.15, 0.2) is 78.9 Å². The van der Waals surface area contributed by atoms with Gasteiger partial charge in [-0.1, -0.05) is 73.6 Å². The van der Waals surface area contributed by atoms with Gasteiger partial charge in [-0.15, -0.1) is 0 Å². The predicted octanol–water partition coefficient (Wildman–Crippen LogP) is 6.80. The highest BCUT2D eigenvalue weighted by Crippen LogP contribution is 2.29. The molecule has 4 rings (SSSR count). The first kappa shape index (κ1) is 22.8. The Labute approximate surface area is 199 Å². The number of hydrogen-bond donors (Lipinski definition) is 0. The lowest BCUT2D eigenvalue weighted by atomic mass is 10.0. The van der Waals surface area contributed by atoms with Crippen LogP contribution in [0.1, 0.15) is 44.4 Å². The van der Waals surface area contributed by atoms with Crippen molar-refractivity contribution >= 4 is 11.6 Å². The third-order valence-electron chi connectivity index (χ3n) is 6.08. The van der Waals surface area contributed by atoms with Crippen LogP contribution in [0.25, 0.3) is 0 Å². The van der Waals surface area contributed by atoms with Gasteiger partial charge in [0.1, 0.15) is 11.9 Å². The van der Waals surface area contributed by atoms with Gasteiger partial charge in [-0.25, -0.2) is 0 Å². The number of halogens is 1. The molecule has 32 heavy (non-hydrogen) atoms. The molecule has 4 heteroatoms. The number of benzene rings is 3. The van der Waals surface area contributed by atoms with Crippen molar-refractivity contribution in [2.24, 2.45) is 0 Å². The van der Waals surface area contributed by atoms with Crippen LogP contribution < -0.4 is 4.74 Å². The zero-order chi connectivity index (χ0) is 23.5. The molecule has 0 radical (unpaired) electrons. The summed E-state index contributed by atoms with van der Waals surface area (Å²) in [5.74, 6) is 0.908. The van der Waals surface area contributed by atoms with Crippen molar-refractivity contribution in [2.75, 3.05) is 26.8 Å². The van der Waals surface area contributed by atoms with E-state index in [2.05, 4.69) is 53.4 Å². The van der Waals surface area contributed by atoms with Gasteiger partial charge in [0.25, 0.3) is 0 Å². The number of methoxy groups -OCH3 is 1. The summed E-state index contributed by atoms with van der Waals surface area (Å²) >= 11 is 6.11. The van der Waals surface area contributed by atoms with Crippen molar-refractivity contribution in [1.29, 1.82) is 0 Å². The molecule has 0 N–H and O–H groups in total. The fourth-order valence-corrected chi connectivity index (χ4v) is 4.43. The van der Waals surface area contributed by atoms with Crippen molar-refractivity contribution in [3.05, 3.63) is 101 Å². The predicted molar refractivity (Wildman–Crippen MR) is 134 cm³/mol. The standard InChI is InChI=1S/C27H30ClNO2.CH4/c1-30-26-15-9-21(10-16-26)17-19-29-18-5-8-25(29)20-31-27(22-6-3-2-4-7-22)23-11-13-24(28)14-12-23;/h2-4,6-7,9-16,25,27H,5,8,17-20H2,1H3;1H4/t25-,27?;/m1./s1/i;1T. The van der Waals surface area contributed by atoms with E-state index in [1.807, 2.05) is 30.3 Å². The zero-order valence-corrected chi connectivity index (χ0v) is 19.8. The van der Waals surface area contributed by atoms with Crippen LogP contribution >= 0.6 is 11.6 Å². The molecule has 1 saturated heterocycles. The van der Waals surface area contributed by atoms with E-state index in [1.54, 1.807) is 7.11 Å². The van der Waals surface area contributed by atoms with Crippen LogP contribution in [0.2, 0.25) is 5.02 Å². The molecule has 0 saturated carbocycles. The van der Waals surface area contributed by atoms with Crippen LogP contribution in [0.5, 0.6) is 5.75 Å². The van der Waals surface area contributed by atoms with Gasteiger partial charge in [0, 0.05) is 19.0 Å². The highest BCUT2D eigenvalue weighted by molar-refractivity contribution is 6.30. The zero-order valence-electron chi connectivity index (χ0n) is 20.0. The van der Waals surface area contributed by atoms with Crippen molar-refractivity contribution in [1.82, 2.24) is 4.90 Å². The molecule has 1 heterocycles. The molecule has 0 aliphatic carbocycles. The number of rotatable bonds is 9. The molecule has 3 aromatic carbocycles. The third kappa shape index (κ3) is 6.35. The van der Waals surface area contributed by atoms with E-state index in [9.17, 15) is 0 Å². The van der Waals surface area contributed by atoms with Gasteiger partial charge >= 0.3 is 0 Å². The van der Waals surface area contributed by atoms with Crippen LogP contribution in [0.3, 0.4) is 0 Å². The van der Waals surface area contributed by atoms with E-state index in [-0.39, 0.29) is 6.10 Å². The summed E-state index contributed by atoms with van der Waals surface area (Å²) in [5, 5.41) is 0.746. The lowest BCUT2D eigenvalue weighted by molar-refractivity contribution is 0.0381. The van der Waals surface area contributed by atoms with E-state index in [1.165, 1.54) is 31.4 Å². The first-order valence-corrected chi connectivity index (χ1v) is 11.4. The smallest absolute Gasteiger partial charge is 0.118 e. The van der Waals surface area contributed by atoms with Gasteiger partial charge in [-0.05, 0) is 66.8 Å². The maximum absolute atomic E-state index is 6.55. The molecule has 0 spiro atoms. The van der Waals surface area contributed by atoms with E-state index in [0.717, 1.165) is 42.5 Å². The van der Waals surface area contributed by atoms with Crippen molar-refractivity contribution in [2.45, 2.75) is 38.8 Å². The summed E-state index contributed by atoms with van der Waals surface area (Å²) in [6, 6.07) is 27.3. The van der Waals surface area contributed by atoms with E-state index < -0.39 is 0 Å². The number of ether oxygens (including phenoxy) is 2. The highest BCUT2D eigenvalue weighted by Gasteiger charge is 2.26. The lowest BCUT2D eigenvalue weighted by Gasteiger charge is -2.27. The molecule has 1 unspecified atom stereocenters. The van der Waals surface area contributed by atoms with E-state index in [0.29, 0.717) is 6.04 Å². The first-order chi connectivity index (χ1) is 16.2. The normalized spacial score (nSPS) is 17.2. The second-order valence-electron chi connectivity index (χ2n) is 8.11. The summed E-state index contributed by atoms with van der Waals surface area (Å²) in [5.41, 5.74) is 3.65. The Morgan fingerprint density at radius 2 is 1.69 bits per heavy atom. The molecular weight excluding hydrogens is 418 g/mol. The minimum absolute atomic E-state index is 0.0810. The summed E-state index contributed by atoms with van der Waals surface area (Å²) in [4.78, 5) is 2.58. The highest BCUT2D eigenvalue weighted by atomic mass is 35.5. The van der Waals surface area contributed by atoms with Crippen LogP contribution in [-0.2, 0) is 11.2 Å². The molecule has 1 fully saturated rings. The molecule has 1 aliphatic heterocycles. The van der Waals surface area contributed by atoms with Crippen molar-refractivity contribution in [3.8, 4) is 5.75 Å². The van der Waals surface area contributed by atoms with E-state index >= 15 is 0 Å². The molecule has 2 atom stereocenters. The molecule has 3 nitrogen and oxygen atoms in total. The maximum Gasteiger partial charge on any atom is 0.118 e. The number of nitrogens with zero attached hydrogens (tertiary/aromatic N) is 1. The number of hydrogen-bond acceptors (Lipinski definition) is 3. The van der Waals surface area contributed by atoms with Gasteiger partial charge in [0.2, 0.25) is 0 Å². The van der Waals surface area contributed by atoms with Gasteiger partial charge in [0.05, 0.1) is 13.7 Å². The molecule has 3 aromatic rings. The Kier molecular flexibility index (Phi) is 8.61. The first-order valence-electron chi connectivity index (χ1n) is 12.0. The largest absolute Gasteiger partial charge is 0.497 e. The van der Waals surface area contributed by atoms with Gasteiger partial charge in [0.15, 0.2) is 0 Å². The Balaban J connectivity index is 0.00000149. The summed E-state index contributed by atoms with van der Waals surface area (Å²) in [7, 11) is 2.95. The fraction of sp³-hybridized carbons (Fsp3) is 0.357. The minimum Gasteiger partial charge on any atom is -0.497 e. The molecule has 0 bridgehead atoms. The Bertz CT molecular complexity index is 934. The molecule has 0 aromatic heterocycles. The van der Waals surface area contributed by atoms with Gasteiger partial charge < -0.3 is 9.47 Å². The van der Waals surface area contributed by atoms with Crippen molar-refractivity contribution in [3.63, 3.8) is 0 Å². The summed E-state index contributed by atoms with van der Waals surface area (Å²) in [6.45, 7) is 2.92. The van der Waals surface area contributed by atoms with Crippen LogP contribution in [0, 0.1) is 0 Å². The molecule has 1 aliphatic rings. The molecule has 0 amide bonds. The van der Waals surface area contributed by atoms with Crippen LogP contribution in [0.4, 0.5) is 0 Å². The second-order valence-corrected chi connectivity index (χ2v) is 8.54. The molecular formula is C28H34ClNO2. The lowest BCUT2D eigenvalue weighted by Crippen LogP contribution is -2.35. The van der Waals surface area contributed by atoms with Gasteiger partial charge in [-0.2, -0.15) is 0 Å². The average molecular weight is 454 g/mol. The SMILES string of the molecule is COc1ccc(CCN2CCC[C@@H]2COC(c2ccccc2)c2ccc(Cl)cc2)cc1.[3H]C. The monoisotopic (exact) mass is 453 g/mol. The molecule has 170 valence electrons. The average Bonchev–Trinajstić information content (AvgIpc) is 3.33. The topological polar surface area (TPSA) is 21.7 Å². The van der Waals surface area contributed by atoms with Crippen molar-refractivity contribution < 1.29 is 10.8 Å². The number of likely N-dealkylation sites (tertiary alicyclic amines) is 1. The Morgan fingerprint density at radius 3 is 2.38 bits per heavy atom. The summed E-state index contributed by atoms with van der Waals surface area (Å²) in [6.07, 6.45) is 3.38. The maximum atomic E-state index is 6.55. The van der Waals surface area contributed by atoms with E-state index in [4.69, 9.17) is 22.4 Å².